The van der Waals surface area contributed by atoms with Crippen LogP contribution in [0.25, 0.3) is 0 Å². The molecule has 0 aliphatic carbocycles. The van der Waals surface area contributed by atoms with E-state index in [4.69, 9.17) is 4.74 Å². The molecule has 1 heterocycles. The van der Waals surface area contributed by atoms with Gasteiger partial charge < -0.3 is 20.3 Å². The summed E-state index contributed by atoms with van der Waals surface area (Å²) < 4.78 is 6.28. The molecule has 0 atom stereocenters. The van der Waals surface area contributed by atoms with Crippen LogP contribution >= 0.6 is 15.9 Å². The topological polar surface area (TPSA) is 48.9 Å². The quantitative estimate of drug-likeness (QED) is 0.363. The first-order valence-corrected chi connectivity index (χ1v) is 10.4. The van der Waals surface area contributed by atoms with E-state index < -0.39 is 0 Å². The van der Waals surface area contributed by atoms with Gasteiger partial charge in [0, 0.05) is 57.5 Å². The Hall–Kier alpha value is -1.11. The van der Waals surface area contributed by atoms with Crippen molar-refractivity contribution in [1.29, 1.82) is 0 Å². The number of methoxy groups -OCH3 is 1. The molecule has 146 valence electrons. The van der Waals surface area contributed by atoms with E-state index in [1.807, 2.05) is 7.05 Å². The second kappa shape index (κ2) is 12.3. The average Bonchev–Trinajstić information content (AvgIpc) is 2.66. The molecule has 2 rings (SSSR count). The first-order valence-electron chi connectivity index (χ1n) is 9.64. The molecule has 0 radical (unpaired) electrons. The minimum atomic E-state index is 0.518. The summed E-state index contributed by atoms with van der Waals surface area (Å²) in [5.41, 5.74) is 1.37. The predicted octanol–water partition coefficient (Wildman–Crippen LogP) is 3.05. The standard InChI is InChI=1S/C20H33BrN4O/c1-22-20(23-11-4-7-17-6-3-8-18(21)16-17)24-19-9-13-25(14-10-19)12-5-15-26-2/h3,6,8,16,19H,4-5,7,9-15H2,1-2H3,(H2,22,23,24). The lowest BCUT2D eigenvalue weighted by Crippen LogP contribution is -2.49. The Kier molecular flexibility index (Phi) is 10.0. The number of halogens is 1. The Labute approximate surface area is 166 Å². The molecule has 2 N–H and O–H groups in total. The van der Waals surface area contributed by atoms with E-state index in [0.717, 1.165) is 62.5 Å². The van der Waals surface area contributed by atoms with Crippen molar-refractivity contribution in [2.24, 2.45) is 4.99 Å². The molecule has 1 aliphatic rings. The van der Waals surface area contributed by atoms with E-state index in [0.29, 0.717) is 6.04 Å². The lowest BCUT2D eigenvalue weighted by atomic mass is 10.1. The lowest BCUT2D eigenvalue weighted by Gasteiger charge is -2.33. The summed E-state index contributed by atoms with van der Waals surface area (Å²) in [5, 5.41) is 7.03. The highest BCUT2D eigenvalue weighted by molar-refractivity contribution is 9.10. The number of ether oxygens (including phenoxy) is 1. The molecule has 26 heavy (non-hydrogen) atoms. The summed E-state index contributed by atoms with van der Waals surface area (Å²) >= 11 is 3.53. The van der Waals surface area contributed by atoms with Crippen molar-refractivity contribution in [3.8, 4) is 0 Å². The molecular formula is C20H33BrN4O. The van der Waals surface area contributed by atoms with Crippen molar-refractivity contribution in [2.75, 3.05) is 46.9 Å². The van der Waals surface area contributed by atoms with E-state index in [1.165, 1.54) is 18.4 Å². The summed E-state index contributed by atoms with van der Waals surface area (Å²) in [5.74, 6) is 0.928. The highest BCUT2D eigenvalue weighted by Gasteiger charge is 2.19. The van der Waals surface area contributed by atoms with Crippen molar-refractivity contribution in [1.82, 2.24) is 15.5 Å². The minimum Gasteiger partial charge on any atom is -0.385 e. The van der Waals surface area contributed by atoms with Gasteiger partial charge in [-0.3, -0.25) is 4.99 Å². The number of guanidine groups is 1. The van der Waals surface area contributed by atoms with Gasteiger partial charge in [-0.1, -0.05) is 28.1 Å². The zero-order valence-electron chi connectivity index (χ0n) is 16.1. The summed E-state index contributed by atoms with van der Waals surface area (Å²) in [7, 11) is 3.62. The second-order valence-corrected chi connectivity index (χ2v) is 7.75. The highest BCUT2D eigenvalue weighted by Crippen LogP contribution is 2.13. The van der Waals surface area contributed by atoms with Crippen LogP contribution in [-0.2, 0) is 11.2 Å². The smallest absolute Gasteiger partial charge is 0.191 e. The number of benzene rings is 1. The number of likely N-dealkylation sites (tertiary alicyclic amines) is 1. The average molecular weight is 425 g/mol. The van der Waals surface area contributed by atoms with Crippen LogP contribution in [0.15, 0.2) is 33.7 Å². The van der Waals surface area contributed by atoms with E-state index in [9.17, 15) is 0 Å². The van der Waals surface area contributed by atoms with Gasteiger partial charge in [-0.2, -0.15) is 0 Å². The fourth-order valence-corrected chi connectivity index (χ4v) is 3.76. The number of hydrogen-bond acceptors (Lipinski definition) is 3. The first kappa shape index (κ1) is 21.2. The predicted molar refractivity (Wildman–Crippen MR) is 113 cm³/mol. The number of nitrogens with one attached hydrogen (secondary N) is 2. The SMILES string of the molecule is CN=C(NCCCc1cccc(Br)c1)NC1CCN(CCCOC)CC1. The Morgan fingerprint density at radius 2 is 2.12 bits per heavy atom. The minimum absolute atomic E-state index is 0.518. The zero-order valence-corrected chi connectivity index (χ0v) is 17.7. The lowest BCUT2D eigenvalue weighted by molar-refractivity contribution is 0.155. The fourth-order valence-electron chi connectivity index (χ4n) is 3.31. The van der Waals surface area contributed by atoms with Crippen molar-refractivity contribution in [2.45, 2.75) is 38.1 Å². The third kappa shape index (κ3) is 8.06. The van der Waals surface area contributed by atoms with Crippen LogP contribution < -0.4 is 10.6 Å². The van der Waals surface area contributed by atoms with Gasteiger partial charge in [0.15, 0.2) is 5.96 Å². The van der Waals surface area contributed by atoms with Gasteiger partial charge in [0.05, 0.1) is 0 Å². The van der Waals surface area contributed by atoms with Crippen LogP contribution in [0.2, 0.25) is 0 Å². The molecule has 0 spiro atoms. The van der Waals surface area contributed by atoms with E-state index in [1.54, 1.807) is 7.11 Å². The molecule has 0 bridgehead atoms. The maximum absolute atomic E-state index is 5.14. The van der Waals surface area contributed by atoms with Crippen LogP contribution in [0.4, 0.5) is 0 Å². The van der Waals surface area contributed by atoms with Crippen LogP contribution in [0.1, 0.15) is 31.2 Å². The number of aryl methyl sites for hydroxylation is 1. The van der Waals surface area contributed by atoms with Gasteiger partial charge in [-0.15, -0.1) is 0 Å². The van der Waals surface area contributed by atoms with Gasteiger partial charge in [0.1, 0.15) is 0 Å². The Bertz CT molecular complexity index is 544. The van der Waals surface area contributed by atoms with Gasteiger partial charge in [-0.05, 0) is 49.8 Å². The summed E-state index contributed by atoms with van der Waals surface area (Å²) in [6, 6.07) is 9.04. The summed E-state index contributed by atoms with van der Waals surface area (Å²) in [6.45, 7) is 5.24. The molecule has 1 fully saturated rings. The molecule has 1 aliphatic heterocycles. The van der Waals surface area contributed by atoms with E-state index >= 15 is 0 Å². The Balaban J connectivity index is 1.61. The second-order valence-electron chi connectivity index (χ2n) is 6.84. The van der Waals surface area contributed by atoms with Crippen molar-refractivity contribution in [3.05, 3.63) is 34.3 Å². The van der Waals surface area contributed by atoms with Crippen molar-refractivity contribution >= 4 is 21.9 Å². The van der Waals surface area contributed by atoms with Crippen molar-refractivity contribution in [3.63, 3.8) is 0 Å². The normalized spacial score (nSPS) is 16.7. The van der Waals surface area contributed by atoms with Gasteiger partial charge in [0.2, 0.25) is 0 Å². The molecule has 0 amide bonds. The number of nitrogens with zero attached hydrogens (tertiary/aromatic N) is 2. The number of aliphatic imine (C=N–C) groups is 1. The third-order valence-corrected chi connectivity index (χ3v) is 5.29. The first-order chi connectivity index (χ1) is 12.7. The molecule has 0 saturated carbocycles. The molecule has 5 nitrogen and oxygen atoms in total. The Morgan fingerprint density at radius 3 is 2.81 bits per heavy atom. The molecule has 1 aromatic rings. The van der Waals surface area contributed by atoms with E-state index in [2.05, 4.69) is 60.7 Å². The Morgan fingerprint density at radius 1 is 1.31 bits per heavy atom. The van der Waals surface area contributed by atoms with Crippen LogP contribution in [0.5, 0.6) is 0 Å². The number of piperidine rings is 1. The molecule has 0 aromatic heterocycles. The number of hydrogen-bond donors (Lipinski definition) is 2. The van der Waals surface area contributed by atoms with Crippen LogP contribution in [0, 0.1) is 0 Å². The maximum atomic E-state index is 5.14. The molecule has 6 heteroatoms. The van der Waals surface area contributed by atoms with Crippen molar-refractivity contribution < 1.29 is 4.74 Å². The van der Waals surface area contributed by atoms with Gasteiger partial charge >= 0.3 is 0 Å². The van der Waals surface area contributed by atoms with Gasteiger partial charge in [-0.25, -0.2) is 0 Å². The molecule has 1 aromatic carbocycles. The molecule has 0 unspecified atom stereocenters. The largest absolute Gasteiger partial charge is 0.385 e. The fraction of sp³-hybridized carbons (Fsp3) is 0.650. The third-order valence-electron chi connectivity index (χ3n) is 4.80. The summed E-state index contributed by atoms with van der Waals surface area (Å²) in [6.07, 6.45) is 5.63. The highest BCUT2D eigenvalue weighted by atomic mass is 79.9. The zero-order chi connectivity index (χ0) is 18.6. The molecule has 1 saturated heterocycles. The van der Waals surface area contributed by atoms with Crippen LogP contribution in [0.3, 0.4) is 0 Å². The monoisotopic (exact) mass is 424 g/mol. The maximum Gasteiger partial charge on any atom is 0.191 e. The van der Waals surface area contributed by atoms with Gasteiger partial charge in [0.25, 0.3) is 0 Å². The summed E-state index contributed by atoms with van der Waals surface area (Å²) in [4.78, 5) is 6.91. The van der Waals surface area contributed by atoms with Crippen LogP contribution in [-0.4, -0.2) is 63.8 Å². The number of rotatable bonds is 9. The molecular weight excluding hydrogens is 392 g/mol. The van der Waals surface area contributed by atoms with E-state index in [-0.39, 0.29) is 0 Å².